The van der Waals surface area contributed by atoms with Crippen molar-refractivity contribution in [2.24, 2.45) is 22.7 Å². The quantitative estimate of drug-likeness (QED) is 0.173. The van der Waals surface area contributed by atoms with Crippen molar-refractivity contribution in [3.8, 4) is 46.7 Å². The van der Waals surface area contributed by atoms with Crippen molar-refractivity contribution in [1.82, 2.24) is 0 Å². The molecule has 0 bridgehead atoms. The van der Waals surface area contributed by atoms with Crippen molar-refractivity contribution in [2.45, 2.75) is 79.1 Å². The van der Waals surface area contributed by atoms with Crippen LogP contribution < -0.4 is 18.9 Å². The van der Waals surface area contributed by atoms with Gasteiger partial charge in [0.15, 0.2) is 0 Å². The molecule has 0 spiro atoms. The lowest BCUT2D eigenvalue weighted by atomic mass is 9.84. The van der Waals surface area contributed by atoms with E-state index in [1.54, 1.807) is 56.1 Å². The fraction of sp³-hybridized carbons (Fsp3) is 0.545. The zero-order chi connectivity index (χ0) is 40.4. The number of benzene rings is 2. The number of fused-ring (bicyclic) bond motifs is 4. The third-order valence-corrected chi connectivity index (χ3v) is 11.4. The molecule has 12 nitrogen and oxygen atoms in total. The Balaban J connectivity index is 1.38. The summed E-state index contributed by atoms with van der Waals surface area (Å²) in [6.07, 6.45) is 2.39. The summed E-state index contributed by atoms with van der Waals surface area (Å²) in [4.78, 5) is 53.2. The number of hydrogen-bond donors (Lipinski definition) is 0. The standard InChI is InChI=1S/C44H50O12/c1-9-53-39(45)25-17-27-28(18-25)36(50-6)32-22-43(41(47)55-11-3,21-31(32)35(27)49-5)15-13-14-16-44(42(48)56-12-4)23-33-34(24-44)38(52-8)30-20-26(40(46)54-10-2)19-29(30)37(33)51-7/h25-26H,9-12,17-24H2,1-8H3. The second-order valence-electron chi connectivity index (χ2n) is 14.5. The molecule has 0 aromatic heterocycles. The van der Waals surface area contributed by atoms with Crippen LogP contribution in [0.15, 0.2) is 0 Å². The van der Waals surface area contributed by atoms with E-state index >= 15 is 0 Å². The first kappa shape index (κ1) is 40.3. The minimum atomic E-state index is -1.32. The Bertz CT molecular complexity index is 1840. The molecule has 0 radical (unpaired) electrons. The predicted octanol–water partition coefficient (Wildman–Crippen LogP) is 4.28. The highest BCUT2D eigenvalue weighted by Crippen LogP contribution is 2.54. The van der Waals surface area contributed by atoms with E-state index in [0.29, 0.717) is 48.7 Å². The largest absolute Gasteiger partial charge is 0.496 e. The van der Waals surface area contributed by atoms with Crippen LogP contribution in [0.2, 0.25) is 0 Å². The third kappa shape index (κ3) is 6.78. The van der Waals surface area contributed by atoms with Gasteiger partial charge in [-0.25, -0.2) is 0 Å². The van der Waals surface area contributed by atoms with E-state index in [4.69, 9.17) is 37.9 Å². The summed E-state index contributed by atoms with van der Waals surface area (Å²) in [5, 5.41) is 0. The first-order chi connectivity index (χ1) is 27.0. The Kier molecular flexibility index (Phi) is 11.8. The summed E-state index contributed by atoms with van der Waals surface area (Å²) >= 11 is 0. The van der Waals surface area contributed by atoms with Crippen LogP contribution in [-0.2, 0) is 89.5 Å². The molecule has 0 saturated carbocycles. The molecule has 2 aromatic carbocycles. The smallest absolute Gasteiger partial charge is 0.324 e. The molecule has 2 aromatic rings. The molecule has 0 atom stereocenters. The van der Waals surface area contributed by atoms with Crippen molar-refractivity contribution in [2.75, 3.05) is 54.9 Å². The highest BCUT2D eigenvalue weighted by atomic mass is 16.5. The molecule has 12 heteroatoms. The average Bonchev–Trinajstić information content (AvgIpc) is 3.99. The zero-order valence-corrected chi connectivity index (χ0v) is 33.5. The molecule has 0 heterocycles. The molecular formula is C44H50O12. The van der Waals surface area contributed by atoms with E-state index in [1.807, 2.05) is 0 Å². The Morgan fingerprint density at radius 3 is 0.964 bits per heavy atom. The summed E-state index contributed by atoms with van der Waals surface area (Å²) < 4.78 is 45.8. The lowest BCUT2D eigenvalue weighted by Gasteiger charge is -2.20. The van der Waals surface area contributed by atoms with Gasteiger partial charge < -0.3 is 37.9 Å². The number of rotatable bonds is 12. The van der Waals surface area contributed by atoms with Crippen molar-refractivity contribution < 1.29 is 57.1 Å². The molecule has 0 fully saturated rings. The Morgan fingerprint density at radius 2 is 0.732 bits per heavy atom. The predicted molar refractivity (Wildman–Crippen MR) is 203 cm³/mol. The molecule has 298 valence electrons. The van der Waals surface area contributed by atoms with Gasteiger partial charge in [0, 0.05) is 70.2 Å². The van der Waals surface area contributed by atoms with Gasteiger partial charge in [-0.3, -0.25) is 19.2 Å². The van der Waals surface area contributed by atoms with Gasteiger partial charge in [0.25, 0.3) is 0 Å². The van der Waals surface area contributed by atoms with Crippen molar-refractivity contribution >= 4 is 23.9 Å². The summed E-state index contributed by atoms with van der Waals surface area (Å²) in [6, 6.07) is 0. The Morgan fingerprint density at radius 1 is 0.464 bits per heavy atom. The number of carbonyl (C=O) groups is 4. The first-order valence-electron chi connectivity index (χ1n) is 19.3. The molecule has 56 heavy (non-hydrogen) atoms. The first-order valence-corrected chi connectivity index (χ1v) is 19.3. The molecule has 0 aliphatic heterocycles. The second-order valence-corrected chi connectivity index (χ2v) is 14.5. The normalized spacial score (nSPS) is 16.8. The van der Waals surface area contributed by atoms with Crippen LogP contribution in [0.4, 0.5) is 0 Å². The number of hydrogen-bond acceptors (Lipinski definition) is 12. The number of esters is 4. The molecule has 4 aliphatic rings. The van der Waals surface area contributed by atoms with Gasteiger partial charge >= 0.3 is 23.9 Å². The summed E-state index contributed by atoms with van der Waals surface area (Å²) in [5.74, 6) is 12.4. The van der Waals surface area contributed by atoms with Gasteiger partial charge in [0.05, 0.1) is 66.7 Å². The van der Waals surface area contributed by atoms with Gasteiger partial charge in [-0.05, 0) is 65.2 Å². The van der Waals surface area contributed by atoms with Gasteiger partial charge in [-0.2, -0.15) is 0 Å². The molecule has 0 saturated heterocycles. The molecular weight excluding hydrogens is 720 g/mol. The fourth-order valence-electron chi connectivity index (χ4n) is 9.15. The summed E-state index contributed by atoms with van der Waals surface area (Å²) in [5.41, 5.74) is 3.90. The lowest BCUT2D eigenvalue weighted by Crippen LogP contribution is -2.33. The molecule has 4 aliphatic carbocycles. The van der Waals surface area contributed by atoms with Gasteiger partial charge in [-0.15, -0.1) is 0 Å². The summed E-state index contributed by atoms with van der Waals surface area (Å²) in [6.45, 7) is 7.91. The monoisotopic (exact) mass is 770 g/mol. The van der Waals surface area contributed by atoms with Crippen LogP contribution in [0, 0.1) is 46.3 Å². The van der Waals surface area contributed by atoms with Crippen LogP contribution in [0.3, 0.4) is 0 Å². The van der Waals surface area contributed by atoms with Crippen molar-refractivity contribution in [3.63, 3.8) is 0 Å². The van der Waals surface area contributed by atoms with Crippen molar-refractivity contribution in [1.29, 1.82) is 0 Å². The minimum Gasteiger partial charge on any atom is -0.496 e. The topological polar surface area (TPSA) is 142 Å². The zero-order valence-electron chi connectivity index (χ0n) is 33.5. The van der Waals surface area contributed by atoms with Crippen LogP contribution in [0.1, 0.15) is 72.2 Å². The molecule has 6 rings (SSSR count). The van der Waals surface area contributed by atoms with Gasteiger partial charge in [0.2, 0.25) is 0 Å². The minimum absolute atomic E-state index is 0.148. The van der Waals surface area contributed by atoms with Crippen LogP contribution in [-0.4, -0.2) is 78.7 Å². The van der Waals surface area contributed by atoms with Gasteiger partial charge in [0.1, 0.15) is 33.8 Å². The SMILES string of the molecule is CCOC(=O)C1Cc2c(c(OC)c3c(c2OC)CC(C#CC#CC2(C(=O)OCC)Cc4c(c(OC)c5c(c4OC)CC(C(=O)OCC)C5)C2)(C(=O)OCC)C3)C1. The Labute approximate surface area is 328 Å². The van der Waals surface area contributed by atoms with Crippen LogP contribution >= 0.6 is 0 Å². The highest BCUT2D eigenvalue weighted by molar-refractivity contribution is 5.87. The number of carbonyl (C=O) groups excluding carboxylic acids is 4. The highest BCUT2D eigenvalue weighted by Gasteiger charge is 2.51. The van der Waals surface area contributed by atoms with E-state index in [9.17, 15) is 19.2 Å². The van der Waals surface area contributed by atoms with Crippen LogP contribution in [0.25, 0.3) is 0 Å². The maximum atomic E-state index is 13.9. The van der Waals surface area contributed by atoms with E-state index in [-0.39, 0.29) is 75.9 Å². The number of methoxy groups -OCH3 is 4. The lowest BCUT2D eigenvalue weighted by molar-refractivity contribution is -0.152. The van der Waals surface area contributed by atoms with E-state index in [0.717, 1.165) is 44.5 Å². The van der Waals surface area contributed by atoms with Gasteiger partial charge in [-0.1, -0.05) is 11.8 Å². The average molecular weight is 771 g/mol. The fourth-order valence-corrected chi connectivity index (χ4v) is 9.15. The second kappa shape index (κ2) is 16.4. The summed E-state index contributed by atoms with van der Waals surface area (Å²) in [7, 11) is 6.31. The molecule has 0 unspecified atom stereocenters. The van der Waals surface area contributed by atoms with Crippen LogP contribution in [0.5, 0.6) is 23.0 Å². The van der Waals surface area contributed by atoms with Crippen molar-refractivity contribution in [3.05, 3.63) is 44.5 Å². The van der Waals surface area contributed by atoms with E-state index in [1.165, 1.54) is 0 Å². The molecule has 0 amide bonds. The third-order valence-electron chi connectivity index (χ3n) is 11.4. The molecule has 0 N–H and O–H groups in total. The van der Waals surface area contributed by atoms with E-state index < -0.39 is 22.8 Å². The Hall–Kier alpha value is -5.36. The maximum Gasteiger partial charge on any atom is 0.324 e. The number of ether oxygens (including phenoxy) is 8. The van der Waals surface area contributed by atoms with E-state index in [2.05, 4.69) is 23.7 Å². The maximum absolute atomic E-state index is 13.9.